The third-order valence-electron chi connectivity index (χ3n) is 7.72. The molecule has 3 aromatic rings. The molecule has 3 atom stereocenters. The second kappa shape index (κ2) is 11.2. The molecule has 194 valence electrons. The van der Waals surface area contributed by atoms with Crippen molar-refractivity contribution >= 4 is 17.5 Å². The molecule has 0 spiro atoms. The normalized spacial score (nSPS) is 21.0. The Bertz CT molecular complexity index is 1370. The predicted molar refractivity (Wildman–Crippen MR) is 148 cm³/mol. The van der Waals surface area contributed by atoms with Crippen molar-refractivity contribution in [2.24, 2.45) is 10.9 Å². The smallest absolute Gasteiger partial charge is 0.336 e. The van der Waals surface area contributed by atoms with Gasteiger partial charge < -0.3 is 9.47 Å². The van der Waals surface area contributed by atoms with Crippen LogP contribution < -0.4 is 4.74 Å². The summed E-state index contributed by atoms with van der Waals surface area (Å²) in [5.74, 6) is -0.353. The van der Waals surface area contributed by atoms with Crippen LogP contribution in [0, 0.1) is 5.92 Å². The van der Waals surface area contributed by atoms with Crippen molar-refractivity contribution in [1.82, 2.24) is 0 Å². The standard InChI is InChI=1S/C33H33NO4/c1-4-22-10-12-25(13-11-22)31-30(33(36)38-20-23-8-6-5-7-9-23)21(2)34-28-18-26(19-29(35)32(28)31)24-14-16-27(37-3)17-15-24/h5-17,26,31-32H,4,18-20H2,1-3H3/t26-,31+,32?/m0/s1. The van der Waals surface area contributed by atoms with E-state index >= 15 is 0 Å². The second-order valence-electron chi connectivity index (χ2n) is 10.1. The van der Waals surface area contributed by atoms with E-state index < -0.39 is 17.8 Å². The van der Waals surface area contributed by atoms with Crippen LogP contribution in [0.5, 0.6) is 5.75 Å². The molecule has 0 bridgehead atoms. The molecule has 0 amide bonds. The number of hydrogen-bond acceptors (Lipinski definition) is 5. The van der Waals surface area contributed by atoms with Gasteiger partial charge in [0.1, 0.15) is 18.1 Å². The van der Waals surface area contributed by atoms with Gasteiger partial charge in [0.2, 0.25) is 0 Å². The number of aliphatic imine (C=N–C) groups is 1. The number of methoxy groups -OCH3 is 1. The number of ketones is 1. The van der Waals surface area contributed by atoms with Crippen molar-refractivity contribution in [3.8, 4) is 5.75 Å². The Morgan fingerprint density at radius 1 is 0.868 bits per heavy atom. The van der Waals surface area contributed by atoms with Gasteiger partial charge in [0, 0.05) is 23.7 Å². The van der Waals surface area contributed by atoms with E-state index in [2.05, 4.69) is 19.1 Å². The summed E-state index contributed by atoms with van der Waals surface area (Å²) < 4.78 is 11.1. The van der Waals surface area contributed by atoms with Gasteiger partial charge in [-0.3, -0.25) is 9.79 Å². The number of hydrogen-bond donors (Lipinski definition) is 0. The number of esters is 1. The zero-order valence-electron chi connectivity index (χ0n) is 22.1. The van der Waals surface area contributed by atoms with E-state index in [9.17, 15) is 9.59 Å². The topological polar surface area (TPSA) is 65.0 Å². The van der Waals surface area contributed by atoms with Gasteiger partial charge >= 0.3 is 5.97 Å². The van der Waals surface area contributed by atoms with Crippen molar-refractivity contribution in [1.29, 1.82) is 0 Å². The second-order valence-corrected chi connectivity index (χ2v) is 10.1. The van der Waals surface area contributed by atoms with E-state index in [4.69, 9.17) is 14.5 Å². The minimum absolute atomic E-state index is 0.0471. The van der Waals surface area contributed by atoms with Crippen molar-refractivity contribution in [2.75, 3.05) is 7.11 Å². The lowest BCUT2D eigenvalue weighted by molar-refractivity contribution is -0.140. The van der Waals surface area contributed by atoms with Gasteiger partial charge in [0.25, 0.3) is 0 Å². The van der Waals surface area contributed by atoms with E-state index in [-0.39, 0.29) is 18.3 Å². The minimum Gasteiger partial charge on any atom is -0.497 e. The van der Waals surface area contributed by atoms with Gasteiger partial charge in [0.05, 0.1) is 18.6 Å². The monoisotopic (exact) mass is 507 g/mol. The van der Waals surface area contributed by atoms with Crippen LogP contribution >= 0.6 is 0 Å². The average molecular weight is 508 g/mol. The van der Waals surface area contributed by atoms with E-state index in [1.165, 1.54) is 5.56 Å². The van der Waals surface area contributed by atoms with Crippen LogP contribution in [0.2, 0.25) is 0 Å². The first-order valence-corrected chi connectivity index (χ1v) is 13.2. The Balaban J connectivity index is 1.50. The number of ether oxygens (including phenoxy) is 2. The molecule has 1 aliphatic carbocycles. The lowest BCUT2D eigenvalue weighted by Gasteiger charge is -2.38. The Morgan fingerprint density at radius 2 is 1.55 bits per heavy atom. The van der Waals surface area contributed by atoms with Gasteiger partial charge in [-0.15, -0.1) is 0 Å². The molecular formula is C33H33NO4. The van der Waals surface area contributed by atoms with Gasteiger partial charge in [-0.2, -0.15) is 0 Å². The van der Waals surface area contributed by atoms with Crippen molar-refractivity contribution in [3.05, 3.63) is 112 Å². The molecule has 2 aliphatic rings. The summed E-state index contributed by atoms with van der Waals surface area (Å²) in [6.07, 6.45) is 2.01. The molecule has 38 heavy (non-hydrogen) atoms. The van der Waals surface area contributed by atoms with E-state index in [0.29, 0.717) is 24.1 Å². The summed E-state index contributed by atoms with van der Waals surface area (Å²) in [5.41, 5.74) is 6.13. The first-order chi connectivity index (χ1) is 18.5. The van der Waals surface area contributed by atoms with E-state index in [1.807, 2.05) is 73.7 Å². The summed E-state index contributed by atoms with van der Waals surface area (Å²) in [4.78, 5) is 32.2. The maximum Gasteiger partial charge on any atom is 0.336 e. The lowest BCUT2D eigenvalue weighted by atomic mass is 9.66. The van der Waals surface area contributed by atoms with E-state index in [1.54, 1.807) is 7.11 Å². The lowest BCUT2D eigenvalue weighted by Crippen LogP contribution is -2.41. The molecule has 0 radical (unpaired) electrons. The number of carbonyl (C=O) groups excluding carboxylic acids is 2. The van der Waals surface area contributed by atoms with Crippen LogP contribution in [0.15, 0.2) is 95.1 Å². The van der Waals surface area contributed by atoms with Gasteiger partial charge in [0.15, 0.2) is 0 Å². The maximum absolute atomic E-state index is 13.8. The molecule has 0 saturated heterocycles. The molecule has 1 aliphatic heterocycles. The highest BCUT2D eigenvalue weighted by atomic mass is 16.5. The SMILES string of the molecule is CCc1ccc([C@@H]2C(C(=O)OCc3ccccc3)=C(C)N=C3C[C@H](c4ccc(OC)cc4)CC(=O)C32)cc1. The highest BCUT2D eigenvalue weighted by Gasteiger charge is 2.46. The van der Waals surface area contributed by atoms with Crippen molar-refractivity contribution in [3.63, 3.8) is 0 Å². The summed E-state index contributed by atoms with van der Waals surface area (Å²) in [6, 6.07) is 25.8. The molecule has 5 nitrogen and oxygen atoms in total. The third-order valence-corrected chi connectivity index (χ3v) is 7.72. The molecule has 5 rings (SSSR count). The molecule has 1 saturated carbocycles. The van der Waals surface area contributed by atoms with Crippen LogP contribution in [0.25, 0.3) is 0 Å². The molecule has 0 N–H and O–H groups in total. The molecule has 5 heteroatoms. The number of benzene rings is 3. The fourth-order valence-electron chi connectivity index (χ4n) is 5.68. The predicted octanol–water partition coefficient (Wildman–Crippen LogP) is 6.58. The highest BCUT2D eigenvalue weighted by molar-refractivity contribution is 6.12. The first kappa shape index (κ1) is 25.7. The van der Waals surface area contributed by atoms with Gasteiger partial charge in [-0.25, -0.2) is 4.79 Å². The van der Waals surface area contributed by atoms with Crippen molar-refractivity contribution in [2.45, 2.75) is 51.6 Å². The molecule has 1 heterocycles. The molecule has 1 unspecified atom stereocenters. The number of fused-ring (bicyclic) bond motifs is 1. The van der Waals surface area contributed by atoms with Crippen molar-refractivity contribution < 1.29 is 19.1 Å². The van der Waals surface area contributed by atoms with Crippen LogP contribution in [-0.2, 0) is 27.4 Å². The molecular weight excluding hydrogens is 474 g/mol. The highest BCUT2D eigenvalue weighted by Crippen LogP contribution is 2.46. The fourth-order valence-corrected chi connectivity index (χ4v) is 5.68. The zero-order valence-corrected chi connectivity index (χ0v) is 22.1. The third kappa shape index (κ3) is 5.19. The number of Topliss-reactive ketones (excluding diaryl/α,β-unsaturated/α-hetero) is 1. The summed E-state index contributed by atoms with van der Waals surface area (Å²) in [6.45, 7) is 4.14. The van der Waals surface area contributed by atoms with Crippen LogP contribution in [-0.4, -0.2) is 24.6 Å². The molecule has 1 fully saturated rings. The van der Waals surface area contributed by atoms with Crippen LogP contribution in [0.4, 0.5) is 0 Å². The van der Waals surface area contributed by atoms with Crippen LogP contribution in [0.3, 0.4) is 0 Å². The number of allylic oxidation sites excluding steroid dienone is 1. The minimum atomic E-state index is -0.472. The van der Waals surface area contributed by atoms with Crippen LogP contribution in [0.1, 0.15) is 60.8 Å². The number of aryl methyl sites for hydroxylation is 1. The Kier molecular flexibility index (Phi) is 7.54. The molecule has 0 aromatic heterocycles. The van der Waals surface area contributed by atoms with Gasteiger partial charge in [-0.1, -0.05) is 73.7 Å². The fraction of sp³-hybridized carbons (Fsp3) is 0.303. The summed E-state index contributed by atoms with van der Waals surface area (Å²) in [7, 11) is 1.64. The Hall–Kier alpha value is -3.99. The molecule has 3 aromatic carbocycles. The number of nitrogens with zero attached hydrogens (tertiary/aromatic N) is 1. The zero-order chi connectivity index (χ0) is 26.6. The first-order valence-electron chi connectivity index (χ1n) is 13.2. The average Bonchev–Trinajstić information content (AvgIpc) is 2.95. The quantitative estimate of drug-likeness (QED) is 0.339. The van der Waals surface area contributed by atoms with Gasteiger partial charge in [-0.05, 0) is 60.1 Å². The summed E-state index contributed by atoms with van der Waals surface area (Å²) in [5, 5.41) is 0. The number of rotatable bonds is 7. The Labute approximate surface area is 224 Å². The maximum atomic E-state index is 13.8. The summed E-state index contributed by atoms with van der Waals surface area (Å²) >= 11 is 0. The Morgan fingerprint density at radius 3 is 2.21 bits per heavy atom. The largest absolute Gasteiger partial charge is 0.497 e. The number of carbonyl (C=O) groups is 2. The van der Waals surface area contributed by atoms with E-state index in [0.717, 1.165) is 34.6 Å².